The molecule has 0 amide bonds. The van der Waals surface area contributed by atoms with E-state index in [1.807, 2.05) is 20.0 Å². The van der Waals surface area contributed by atoms with E-state index in [9.17, 15) is 0 Å². The molecule has 0 aromatic carbocycles. The Morgan fingerprint density at radius 2 is 1.86 bits per heavy atom. The minimum absolute atomic E-state index is 0. The molecule has 0 atom stereocenters. The Morgan fingerprint density at radius 3 is 2.41 bits per heavy atom. The summed E-state index contributed by atoms with van der Waals surface area (Å²) in [6.07, 6.45) is 11.8. The van der Waals surface area contributed by atoms with Gasteiger partial charge < -0.3 is 11.8 Å². The SMILES string of the molecule is CC.[CH2-]CCCCCN1CCC(Cn2cc(C)cn2)CC1.[Y]. The van der Waals surface area contributed by atoms with Crippen molar-refractivity contribution in [2.45, 2.75) is 65.8 Å². The van der Waals surface area contributed by atoms with Gasteiger partial charge in [-0.3, -0.25) is 4.68 Å². The number of aryl methyl sites for hydroxylation is 1. The van der Waals surface area contributed by atoms with Gasteiger partial charge in [0.15, 0.2) is 0 Å². The molecule has 0 bridgehead atoms. The van der Waals surface area contributed by atoms with Crippen molar-refractivity contribution < 1.29 is 32.7 Å². The van der Waals surface area contributed by atoms with Gasteiger partial charge in [0, 0.05) is 45.5 Å². The molecule has 0 aliphatic carbocycles. The van der Waals surface area contributed by atoms with Crippen LogP contribution in [0.1, 0.15) is 57.9 Å². The molecular weight excluding hydrogens is 347 g/mol. The number of aromatic nitrogens is 2. The molecular formula is C18H34N3Y-. The quantitative estimate of drug-likeness (QED) is 0.518. The Hall–Kier alpha value is 0.274. The van der Waals surface area contributed by atoms with Crippen LogP contribution < -0.4 is 0 Å². The third kappa shape index (κ3) is 8.79. The van der Waals surface area contributed by atoms with Crippen molar-refractivity contribution >= 4 is 0 Å². The zero-order valence-electron chi connectivity index (χ0n) is 14.9. The molecule has 125 valence electrons. The van der Waals surface area contributed by atoms with Gasteiger partial charge in [0.2, 0.25) is 0 Å². The van der Waals surface area contributed by atoms with E-state index in [4.69, 9.17) is 0 Å². The van der Waals surface area contributed by atoms with Crippen LogP contribution >= 0.6 is 0 Å². The molecule has 1 fully saturated rings. The fourth-order valence-corrected chi connectivity index (χ4v) is 2.91. The predicted molar refractivity (Wildman–Crippen MR) is 91.3 cm³/mol. The van der Waals surface area contributed by atoms with E-state index in [-0.39, 0.29) is 32.7 Å². The number of rotatable bonds is 7. The molecule has 0 unspecified atom stereocenters. The van der Waals surface area contributed by atoms with Crippen molar-refractivity contribution in [2.75, 3.05) is 19.6 Å². The van der Waals surface area contributed by atoms with Gasteiger partial charge in [0.25, 0.3) is 0 Å². The van der Waals surface area contributed by atoms with E-state index < -0.39 is 0 Å². The number of hydrogen-bond acceptors (Lipinski definition) is 2. The van der Waals surface area contributed by atoms with Crippen LogP contribution in [0, 0.1) is 19.8 Å². The second-order valence-electron chi connectivity index (χ2n) is 5.94. The first-order valence-electron chi connectivity index (χ1n) is 8.78. The van der Waals surface area contributed by atoms with Crippen molar-refractivity contribution in [1.29, 1.82) is 0 Å². The van der Waals surface area contributed by atoms with E-state index in [1.165, 1.54) is 57.3 Å². The standard InChI is InChI=1S/C16H28N3.C2H6.Y/c1-3-4-5-6-9-18-10-7-16(8-11-18)14-19-13-15(2)12-17-19;1-2;/h12-13,16H,1,3-11,14H2,2H3;1-2H3;/q-1;;. The van der Waals surface area contributed by atoms with Crippen LogP contribution in [0.2, 0.25) is 0 Å². The van der Waals surface area contributed by atoms with Crippen molar-refractivity contribution in [3.8, 4) is 0 Å². The Kier molecular flexibility index (Phi) is 13.9. The number of hydrogen-bond donors (Lipinski definition) is 0. The molecule has 4 heteroatoms. The Bertz CT molecular complexity index is 357. The van der Waals surface area contributed by atoms with Gasteiger partial charge in [-0.1, -0.05) is 26.7 Å². The van der Waals surface area contributed by atoms with Crippen LogP contribution in [0.25, 0.3) is 0 Å². The van der Waals surface area contributed by atoms with Crippen molar-refractivity contribution in [1.82, 2.24) is 14.7 Å². The van der Waals surface area contributed by atoms with Crippen LogP contribution in [-0.2, 0) is 39.3 Å². The maximum Gasteiger partial charge on any atom is 0.0518 e. The summed E-state index contributed by atoms with van der Waals surface area (Å²) >= 11 is 0. The fraction of sp³-hybridized carbons (Fsp3) is 0.778. The van der Waals surface area contributed by atoms with Gasteiger partial charge in [-0.2, -0.15) is 11.5 Å². The number of nitrogens with zero attached hydrogens (tertiary/aromatic N) is 3. The molecule has 1 radical (unpaired) electrons. The zero-order valence-corrected chi connectivity index (χ0v) is 17.8. The van der Waals surface area contributed by atoms with Crippen LogP contribution in [0.15, 0.2) is 12.4 Å². The fourth-order valence-electron chi connectivity index (χ4n) is 2.91. The van der Waals surface area contributed by atoms with Crippen LogP contribution in [0.3, 0.4) is 0 Å². The second-order valence-corrected chi connectivity index (χ2v) is 5.94. The molecule has 1 aliphatic rings. The van der Waals surface area contributed by atoms with E-state index in [0.29, 0.717) is 0 Å². The van der Waals surface area contributed by atoms with Gasteiger partial charge in [-0.25, -0.2) is 0 Å². The molecule has 2 rings (SSSR count). The number of piperidine rings is 1. The van der Waals surface area contributed by atoms with Gasteiger partial charge >= 0.3 is 0 Å². The summed E-state index contributed by atoms with van der Waals surface area (Å²) in [5, 5.41) is 4.40. The molecule has 0 N–H and O–H groups in total. The molecule has 0 saturated carbocycles. The smallest absolute Gasteiger partial charge is 0.0518 e. The van der Waals surface area contributed by atoms with E-state index in [2.05, 4.69) is 34.7 Å². The summed E-state index contributed by atoms with van der Waals surface area (Å²) < 4.78 is 2.11. The van der Waals surface area contributed by atoms with Gasteiger partial charge in [-0.05, 0) is 57.3 Å². The minimum Gasteiger partial charge on any atom is -0.343 e. The van der Waals surface area contributed by atoms with Crippen LogP contribution in [0.5, 0.6) is 0 Å². The average molecular weight is 381 g/mol. The predicted octanol–water partition coefficient (Wildman–Crippen LogP) is 4.32. The van der Waals surface area contributed by atoms with Crippen molar-refractivity contribution in [3.63, 3.8) is 0 Å². The summed E-state index contributed by atoms with van der Waals surface area (Å²) in [6.45, 7) is 14.9. The normalized spacial score (nSPS) is 15.8. The second kappa shape index (κ2) is 13.7. The van der Waals surface area contributed by atoms with Gasteiger partial charge in [0.1, 0.15) is 0 Å². The first-order chi connectivity index (χ1) is 10.3. The molecule has 22 heavy (non-hydrogen) atoms. The molecule has 1 aromatic rings. The molecule has 1 saturated heterocycles. The monoisotopic (exact) mass is 381 g/mol. The minimum atomic E-state index is 0. The Labute approximate surface area is 163 Å². The summed E-state index contributed by atoms with van der Waals surface area (Å²) in [4.78, 5) is 2.63. The molecule has 1 aliphatic heterocycles. The van der Waals surface area contributed by atoms with Gasteiger partial charge in [0.05, 0.1) is 6.20 Å². The first-order valence-corrected chi connectivity index (χ1v) is 8.78. The number of likely N-dealkylation sites (tertiary alicyclic amines) is 1. The largest absolute Gasteiger partial charge is 0.343 e. The maximum atomic E-state index is 4.40. The van der Waals surface area contributed by atoms with Gasteiger partial charge in [-0.15, -0.1) is 0 Å². The first kappa shape index (κ1) is 22.3. The van der Waals surface area contributed by atoms with Crippen molar-refractivity contribution in [2.24, 2.45) is 5.92 Å². The maximum absolute atomic E-state index is 4.40. The third-order valence-electron chi connectivity index (χ3n) is 4.14. The average Bonchev–Trinajstić information content (AvgIpc) is 2.93. The zero-order chi connectivity index (χ0) is 15.5. The molecule has 2 heterocycles. The summed E-state index contributed by atoms with van der Waals surface area (Å²) in [6, 6.07) is 0. The van der Waals surface area contributed by atoms with E-state index >= 15 is 0 Å². The molecule has 0 spiro atoms. The van der Waals surface area contributed by atoms with Crippen molar-refractivity contribution in [3.05, 3.63) is 24.9 Å². The molecule has 1 aromatic heterocycles. The Balaban J connectivity index is 0.00000141. The third-order valence-corrected chi connectivity index (χ3v) is 4.14. The summed E-state index contributed by atoms with van der Waals surface area (Å²) in [7, 11) is 0. The topological polar surface area (TPSA) is 21.1 Å². The van der Waals surface area contributed by atoms with E-state index in [1.54, 1.807) is 0 Å². The Morgan fingerprint density at radius 1 is 1.18 bits per heavy atom. The van der Waals surface area contributed by atoms with E-state index in [0.717, 1.165) is 18.9 Å². The molecule has 3 nitrogen and oxygen atoms in total. The summed E-state index contributed by atoms with van der Waals surface area (Å²) in [5.74, 6) is 0.815. The summed E-state index contributed by atoms with van der Waals surface area (Å²) in [5.41, 5.74) is 1.27. The van der Waals surface area contributed by atoms with Crippen LogP contribution in [-0.4, -0.2) is 34.3 Å². The van der Waals surface area contributed by atoms with Crippen LogP contribution in [0.4, 0.5) is 0 Å². The number of unbranched alkanes of at least 4 members (excludes halogenated alkanes) is 3.